The summed E-state index contributed by atoms with van der Waals surface area (Å²) in [7, 11) is 0. The molecule has 13 heavy (non-hydrogen) atoms. The van der Waals surface area contributed by atoms with Crippen LogP contribution in [0.1, 0.15) is 19.8 Å². The second-order valence-corrected chi connectivity index (χ2v) is 5.58. The monoisotopic (exact) mass is 223 g/mol. The van der Waals surface area contributed by atoms with Gasteiger partial charge in [-0.05, 0) is 19.8 Å². The van der Waals surface area contributed by atoms with E-state index in [4.69, 9.17) is 27.9 Å². The quantitative estimate of drug-likeness (QED) is 0.740. The Morgan fingerprint density at radius 3 is 2.69 bits per heavy atom. The molecule has 2 fully saturated rings. The molecule has 1 aliphatic carbocycles. The molecule has 0 spiro atoms. The molecule has 1 heterocycles. The Hall–Kier alpha value is 0.500. The molecule has 0 radical (unpaired) electrons. The number of hydrogen-bond donors (Lipinski definition) is 1. The second-order valence-electron chi connectivity index (χ2n) is 4.04. The Labute approximate surface area is 88.9 Å². The van der Waals surface area contributed by atoms with Crippen LogP contribution in [0, 0.1) is 5.92 Å². The fourth-order valence-electron chi connectivity index (χ4n) is 1.78. The summed E-state index contributed by atoms with van der Waals surface area (Å²) < 4.78 is 4.99. The maximum absolute atomic E-state index is 5.92. The molecule has 3 atom stereocenters. The van der Waals surface area contributed by atoms with Crippen molar-refractivity contribution in [3.63, 3.8) is 0 Å². The van der Waals surface area contributed by atoms with E-state index >= 15 is 0 Å². The zero-order valence-electron chi connectivity index (χ0n) is 7.72. The number of alkyl halides is 2. The number of ether oxygens (including phenoxy) is 1. The van der Waals surface area contributed by atoms with Gasteiger partial charge in [0.2, 0.25) is 0 Å². The van der Waals surface area contributed by atoms with Gasteiger partial charge >= 0.3 is 0 Å². The molecule has 2 nitrogen and oxygen atoms in total. The van der Waals surface area contributed by atoms with Crippen molar-refractivity contribution in [2.45, 2.75) is 36.2 Å². The fourth-order valence-corrected chi connectivity index (χ4v) is 2.31. The van der Waals surface area contributed by atoms with Gasteiger partial charge in [-0.15, -0.1) is 23.2 Å². The smallest absolute Gasteiger partial charge is 0.122 e. The highest BCUT2D eigenvalue weighted by atomic mass is 35.5. The van der Waals surface area contributed by atoms with Crippen molar-refractivity contribution in [1.29, 1.82) is 0 Å². The van der Waals surface area contributed by atoms with E-state index in [1.54, 1.807) is 0 Å². The second kappa shape index (κ2) is 3.58. The lowest BCUT2D eigenvalue weighted by Gasteiger charge is -2.15. The minimum Gasteiger partial charge on any atom is -0.377 e. The summed E-state index contributed by atoms with van der Waals surface area (Å²) in [6.45, 7) is 3.90. The van der Waals surface area contributed by atoms with Gasteiger partial charge in [-0.1, -0.05) is 0 Å². The van der Waals surface area contributed by atoms with E-state index in [-0.39, 0.29) is 0 Å². The molecular weight excluding hydrogens is 209 g/mol. The van der Waals surface area contributed by atoms with Gasteiger partial charge in [-0.3, -0.25) is 0 Å². The molecule has 0 bridgehead atoms. The van der Waals surface area contributed by atoms with Gasteiger partial charge in [-0.25, -0.2) is 0 Å². The Bertz CT molecular complexity index is 198. The van der Waals surface area contributed by atoms with E-state index in [9.17, 15) is 0 Å². The molecule has 1 unspecified atom stereocenters. The van der Waals surface area contributed by atoms with Crippen molar-refractivity contribution in [3.05, 3.63) is 0 Å². The van der Waals surface area contributed by atoms with Gasteiger partial charge in [0.25, 0.3) is 0 Å². The third kappa shape index (κ3) is 2.30. The van der Waals surface area contributed by atoms with Crippen molar-refractivity contribution in [3.8, 4) is 0 Å². The zero-order chi connectivity index (χ0) is 9.47. The lowest BCUT2D eigenvalue weighted by atomic mass is 10.1. The largest absolute Gasteiger partial charge is 0.377 e. The average molecular weight is 224 g/mol. The van der Waals surface area contributed by atoms with Gasteiger partial charge in [0.1, 0.15) is 4.33 Å². The van der Waals surface area contributed by atoms with E-state index in [2.05, 4.69) is 12.2 Å². The Kier molecular flexibility index (Phi) is 2.76. The molecule has 0 aromatic heterocycles. The first-order valence-corrected chi connectivity index (χ1v) is 5.58. The van der Waals surface area contributed by atoms with Gasteiger partial charge in [0.15, 0.2) is 0 Å². The van der Waals surface area contributed by atoms with Crippen molar-refractivity contribution in [2.24, 2.45) is 5.92 Å². The van der Waals surface area contributed by atoms with Crippen LogP contribution in [0.3, 0.4) is 0 Å². The molecule has 76 valence electrons. The maximum Gasteiger partial charge on any atom is 0.122 e. The maximum atomic E-state index is 5.92. The van der Waals surface area contributed by atoms with Crippen LogP contribution < -0.4 is 5.32 Å². The SMILES string of the molecule is C[C@H]1OCC[C@H]1NCC1CC1(Cl)Cl. The van der Waals surface area contributed by atoms with Gasteiger partial charge in [0.05, 0.1) is 6.10 Å². The summed E-state index contributed by atoms with van der Waals surface area (Å²) >= 11 is 11.8. The molecular formula is C9H15Cl2NO. The van der Waals surface area contributed by atoms with Crippen LogP contribution in [-0.2, 0) is 4.74 Å². The predicted octanol–water partition coefficient (Wildman–Crippen LogP) is 1.95. The highest BCUT2D eigenvalue weighted by Crippen LogP contribution is 2.52. The highest BCUT2D eigenvalue weighted by molar-refractivity contribution is 6.50. The van der Waals surface area contributed by atoms with Crippen LogP contribution in [-0.4, -0.2) is 29.6 Å². The van der Waals surface area contributed by atoms with Crippen LogP contribution in [0.2, 0.25) is 0 Å². The Morgan fingerprint density at radius 1 is 1.54 bits per heavy atom. The molecule has 4 heteroatoms. The van der Waals surface area contributed by atoms with Gasteiger partial charge in [0, 0.05) is 25.1 Å². The summed E-state index contributed by atoms with van der Waals surface area (Å²) in [5.74, 6) is 0.434. The summed E-state index contributed by atoms with van der Waals surface area (Å²) in [5.41, 5.74) is 0. The van der Waals surface area contributed by atoms with E-state index in [0.29, 0.717) is 18.1 Å². The van der Waals surface area contributed by atoms with Crippen LogP contribution >= 0.6 is 23.2 Å². The van der Waals surface area contributed by atoms with Gasteiger partial charge in [-0.2, -0.15) is 0 Å². The van der Waals surface area contributed by atoms with Gasteiger partial charge < -0.3 is 10.1 Å². The van der Waals surface area contributed by atoms with E-state index < -0.39 is 4.33 Å². The van der Waals surface area contributed by atoms with Crippen LogP contribution in [0.15, 0.2) is 0 Å². The van der Waals surface area contributed by atoms with Crippen LogP contribution in [0.25, 0.3) is 0 Å². The first-order chi connectivity index (χ1) is 6.09. The summed E-state index contributed by atoms with van der Waals surface area (Å²) in [6.07, 6.45) is 2.36. The summed E-state index contributed by atoms with van der Waals surface area (Å²) in [5, 5.41) is 3.46. The van der Waals surface area contributed by atoms with Crippen molar-refractivity contribution in [2.75, 3.05) is 13.2 Å². The number of halogens is 2. The fraction of sp³-hybridized carbons (Fsp3) is 1.00. The lowest BCUT2D eigenvalue weighted by molar-refractivity contribution is 0.113. The third-order valence-electron chi connectivity index (χ3n) is 2.96. The van der Waals surface area contributed by atoms with Crippen molar-refractivity contribution in [1.82, 2.24) is 5.32 Å². The highest BCUT2D eigenvalue weighted by Gasteiger charge is 2.51. The Balaban J connectivity index is 1.68. The third-order valence-corrected chi connectivity index (χ3v) is 3.88. The topological polar surface area (TPSA) is 21.3 Å². The lowest BCUT2D eigenvalue weighted by Crippen LogP contribution is -2.36. The molecule has 2 rings (SSSR count). The van der Waals surface area contributed by atoms with E-state index in [1.807, 2.05) is 0 Å². The molecule has 1 saturated heterocycles. The van der Waals surface area contributed by atoms with E-state index in [0.717, 1.165) is 26.0 Å². The van der Waals surface area contributed by atoms with Crippen LogP contribution in [0.4, 0.5) is 0 Å². The first-order valence-electron chi connectivity index (χ1n) is 4.82. The number of nitrogens with one attached hydrogen (secondary N) is 1. The van der Waals surface area contributed by atoms with Crippen LogP contribution in [0.5, 0.6) is 0 Å². The summed E-state index contributed by atoms with van der Waals surface area (Å²) in [6, 6.07) is 0.490. The predicted molar refractivity (Wildman–Crippen MR) is 54.4 cm³/mol. The first kappa shape index (κ1) is 10.0. The minimum atomic E-state index is -0.449. The molecule has 0 aromatic carbocycles. The average Bonchev–Trinajstić information content (AvgIpc) is 2.47. The molecule has 1 saturated carbocycles. The van der Waals surface area contributed by atoms with Crippen molar-refractivity contribution >= 4 is 23.2 Å². The molecule has 2 aliphatic rings. The number of hydrogen-bond acceptors (Lipinski definition) is 2. The molecule has 0 amide bonds. The molecule has 1 aliphatic heterocycles. The number of rotatable bonds is 3. The normalized spacial score (nSPS) is 42.2. The van der Waals surface area contributed by atoms with E-state index in [1.165, 1.54) is 0 Å². The Morgan fingerprint density at radius 2 is 2.23 bits per heavy atom. The van der Waals surface area contributed by atoms with Crippen molar-refractivity contribution < 1.29 is 4.74 Å². The molecule has 0 aromatic rings. The zero-order valence-corrected chi connectivity index (χ0v) is 9.24. The molecule has 1 N–H and O–H groups in total. The minimum absolute atomic E-state index is 0.332. The standard InChI is InChI=1S/C9H15Cl2NO/c1-6-8(2-3-13-6)12-5-7-4-9(7,10)11/h6-8,12H,2-5H2,1H3/t6-,7?,8-/m1/s1. The summed E-state index contributed by atoms with van der Waals surface area (Å²) in [4.78, 5) is 0.